The zero-order valence-corrected chi connectivity index (χ0v) is 15.5. The third kappa shape index (κ3) is 5.33. The molecule has 0 bridgehead atoms. The fraction of sp³-hybridized carbons (Fsp3) is 0.286. The molecule has 3 rings (SSSR count). The van der Waals surface area contributed by atoms with E-state index >= 15 is 0 Å². The van der Waals surface area contributed by atoms with Crippen LogP contribution in [0.1, 0.15) is 35.4 Å². The van der Waals surface area contributed by atoms with Crippen molar-refractivity contribution < 1.29 is 18.8 Å². The molecule has 1 aliphatic rings. The van der Waals surface area contributed by atoms with Crippen molar-refractivity contribution in [2.45, 2.75) is 19.3 Å². The molecule has 0 radical (unpaired) electrons. The number of carbonyl (C=O) groups excluding carboxylic acids is 3. The second-order valence-corrected chi connectivity index (χ2v) is 6.49. The Balaban J connectivity index is 1.59. The summed E-state index contributed by atoms with van der Waals surface area (Å²) in [5.74, 6) is -0.161. The first-order chi connectivity index (χ1) is 13.6. The van der Waals surface area contributed by atoms with Gasteiger partial charge in [-0.3, -0.25) is 14.4 Å². The zero-order valence-electron chi connectivity index (χ0n) is 15.5. The Hall–Kier alpha value is -3.35. The summed E-state index contributed by atoms with van der Waals surface area (Å²) in [6.07, 6.45) is 5.13. The molecule has 0 aliphatic carbocycles. The van der Waals surface area contributed by atoms with E-state index in [1.807, 2.05) is 11.0 Å². The summed E-state index contributed by atoms with van der Waals surface area (Å²) in [5, 5.41) is 5.44. The van der Waals surface area contributed by atoms with Crippen LogP contribution < -0.4 is 10.6 Å². The van der Waals surface area contributed by atoms with Crippen molar-refractivity contribution in [3.8, 4) is 0 Å². The molecule has 146 valence electrons. The largest absolute Gasteiger partial charge is 0.465 e. The monoisotopic (exact) mass is 381 g/mol. The Kier molecular flexibility index (Phi) is 6.62. The number of nitrogens with zero attached hydrogens (tertiary/aromatic N) is 1. The van der Waals surface area contributed by atoms with Gasteiger partial charge in [-0.25, -0.2) is 0 Å². The molecule has 0 spiro atoms. The Morgan fingerprint density at radius 1 is 1.14 bits per heavy atom. The number of amides is 3. The van der Waals surface area contributed by atoms with Crippen LogP contribution in [0.25, 0.3) is 6.08 Å². The van der Waals surface area contributed by atoms with Gasteiger partial charge in [-0.2, -0.15) is 0 Å². The lowest BCUT2D eigenvalue weighted by Crippen LogP contribution is -2.36. The van der Waals surface area contributed by atoms with Crippen molar-refractivity contribution in [3.63, 3.8) is 0 Å². The van der Waals surface area contributed by atoms with E-state index in [1.54, 1.807) is 36.4 Å². The van der Waals surface area contributed by atoms with Gasteiger partial charge in [0.2, 0.25) is 5.91 Å². The van der Waals surface area contributed by atoms with E-state index in [1.165, 1.54) is 12.3 Å². The van der Waals surface area contributed by atoms with Crippen molar-refractivity contribution in [1.29, 1.82) is 0 Å². The van der Waals surface area contributed by atoms with Crippen LogP contribution in [0.5, 0.6) is 0 Å². The summed E-state index contributed by atoms with van der Waals surface area (Å²) in [6.45, 7) is 1.80. The number of furan rings is 1. The predicted molar refractivity (Wildman–Crippen MR) is 104 cm³/mol. The van der Waals surface area contributed by atoms with Crippen molar-refractivity contribution in [2.24, 2.45) is 0 Å². The van der Waals surface area contributed by atoms with Gasteiger partial charge in [0.25, 0.3) is 11.8 Å². The maximum Gasteiger partial charge on any atom is 0.267 e. The maximum atomic E-state index is 12.6. The molecule has 2 N–H and O–H groups in total. The number of rotatable bonds is 8. The summed E-state index contributed by atoms with van der Waals surface area (Å²) in [7, 11) is 0. The lowest BCUT2D eigenvalue weighted by atomic mass is 10.2. The molecule has 2 aromatic rings. The van der Waals surface area contributed by atoms with Gasteiger partial charge in [0.15, 0.2) is 0 Å². The molecule has 0 atom stereocenters. The van der Waals surface area contributed by atoms with Crippen molar-refractivity contribution in [2.75, 3.05) is 19.6 Å². The molecule has 1 aliphatic heterocycles. The second-order valence-electron chi connectivity index (χ2n) is 6.49. The van der Waals surface area contributed by atoms with E-state index in [4.69, 9.17) is 4.42 Å². The van der Waals surface area contributed by atoms with Gasteiger partial charge < -0.3 is 20.0 Å². The van der Waals surface area contributed by atoms with E-state index in [0.717, 1.165) is 13.0 Å². The highest BCUT2D eigenvalue weighted by atomic mass is 16.3. The van der Waals surface area contributed by atoms with Gasteiger partial charge in [-0.15, -0.1) is 0 Å². The van der Waals surface area contributed by atoms with Crippen LogP contribution in [0.3, 0.4) is 0 Å². The van der Waals surface area contributed by atoms with Crippen LogP contribution in [0, 0.1) is 0 Å². The van der Waals surface area contributed by atoms with Gasteiger partial charge in [0.05, 0.1) is 6.26 Å². The first-order valence-electron chi connectivity index (χ1n) is 9.31. The summed E-state index contributed by atoms with van der Waals surface area (Å²) >= 11 is 0. The second kappa shape index (κ2) is 9.55. The first kappa shape index (κ1) is 19.4. The smallest absolute Gasteiger partial charge is 0.267 e. The molecule has 1 saturated heterocycles. The van der Waals surface area contributed by atoms with E-state index in [9.17, 15) is 14.4 Å². The highest BCUT2D eigenvalue weighted by Crippen LogP contribution is 2.10. The Morgan fingerprint density at radius 2 is 1.96 bits per heavy atom. The Labute approximate surface area is 163 Å². The molecular weight excluding hydrogens is 358 g/mol. The van der Waals surface area contributed by atoms with Gasteiger partial charge in [0, 0.05) is 37.7 Å². The molecule has 0 unspecified atom stereocenters. The third-order valence-electron chi connectivity index (χ3n) is 4.42. The minimum atomic E-state index is -0.409. The lowest BCUT2D eigenvalue weighted by molar-refractivity contribution is -0.127. The fourth-order valence-electron chi connectivity index (χ4n) is 2.97. The standard InChI is InChI=1S/C21H23N3O4/c25-19-10-4-12-24(19)13-6-11-22-21(27)18(15-17-9-5-14-28-17)23-20(26)16-7-2-1-3-8-16/h1-3,5,7-9,14-15H,4,6,10-13H2,(H,22,27)(H,23,26)/b18-15+. The minimum Gasteiger partial charge on any atom is -0.465 e. The van der Waals surface area contributed by atoms with Gasteiger partial charge >= 0.3 is 0 Å². The molecule has 7 heteroatoms. The molecule has 3 amide bonds. The number of benzene rings is 1. The van der Waals surface area contributed by atoms with E-state index < -0.39 is 5.91 Å². The predicted octanol–water partition coefficient (Wildman–Crippen LogP) is 2.18. The average Bonchev–Trinajstić information content (AvgIpc) is 3.37. The molecule has 0 saturated carbocycles. The molecule has 2 heterocycles. The van der Waals surface area contributed by atoms with E-state index in [-0.39, 0.29) is 17.5 Å². The van der Waals surface area contributed by atoms with Gasteiger partial charge in [-0.05, 0) is 37.1 Å². The highest BCUT2D eigenvalue weighted by Gasteiger charge is 2.19. The normalized spacial score (nSPS) is 14.2. The summed E-state index contributed by atoms with van der Waals surface area (Å²) in [5.41, 5.74) is 0.550. The minimum absolute atomic E-state index is 0.0982. The maximum absolute atomic E-state index is 12.6. The van der Waals surface area contributed by atoms with E-state index in [2.05, 4.69) is 10.6 Å². The van der Waals surface area contributed by atoms with Crippen molar-refractivity contribution in [1.82, 2.24) is 15.5 Å². The number of hydrogen-bond acceptors (Lipinski definition) is 4. The van der Waals surface area contributed by atoms with Crippen molar-refractivity contribution in [3.05, 3.63) is 65.7 Å². The Bertz CT molecular complexity index is 844. The number of carbonyl (C=O) groups is 3. The van der Waals surface area contributed by atoms with Crippen LogP contribution in [0.2, 0.25) is 0 Å². The van der Waals surface area contributed by atoms with Gasteiger partial charge in [-0.1, -0.05) is 18.2 Å². The highest BCUT2D eigenvalue weighted by molar-refractivity contribution is 6.05. The van der Waals surface area contributed by atoms with Crippen LogP contribution in [-0.2, 0) is 9.59 Å². The SMILES string of the molecule is O=C(NCCCN1CCCC1=O)/C(=C\c1ccco1)NC(=O)c1ccccc1. The summed E-state index contributed by atoms with van der Waals surface area (Å²) in [6, 6.07) is 12.1. The molecule has 1 aromatic carbocycles. The lowest BCUT2D eigenvalue weighted by Gasteiger charge is -2.15. The molecule has 28 heavy (non-hydrogen) atoms. The number of nitrogens with one attached hydrogen (secondary N) is 2. The van der Waals surface area contributed by atoms with Crippen LogP contribution in [0.15, 0.2) is 58.8 Å². The first-order valence-corrected chi connectivity index (χ1v) is 9.31. The van der Waals surface area contributed by atoms with Crippen LogP contribution >= 0.6 is 0 Å². The van der Waals surface area contributed by atoms with E-state index in [0.29, 0.717) is 37.3 Å². The topological polar surface area (TPSA) is 91.7 Å². The third-order valence-corrected chi connectivity index (χ3v) is 4.42. The zero-order chi connectivity index (χ0) is 19.8. The van der Waals surface area contributed by atoms with Crippen LogP contribution in [0.4, 0.5) is 0 Å². The summed E-state index contributed by atoms with van der Waals surface area (Å²) < 4.78 is 5.25. The number of likely N-dealkylation sites (tertiary alicyclic amines) is 1. The molecule has 7 nitrogen and oxygen atoms in total. The van der Waals surface area contributed by atoms with Gasteiger partial charge in [0.1, 0.15) is 11.5 Å². The van der Waals surface area contributed by atoms with Crippen molar-refractivity contribution >= 4 is 23.8 Å². The molecular formula is C21H23N3O4. The Morgan fingerprint density at radius 3 is 2.64 bits per heavy atom. The van der Waals surface area contributed by atoms with Crippen LogP contribution in [-0.4, -0.2) is 42.3 Å². The summed E-state index contributed by atoms with van der Waals surface area (Å²) in [4.78, 5) is 38.4. The molecule has 1 fully saturated rings. The number of hydrogen-bond donors (Lipinski definition) is 2. The molecule has 1 aromatic heterocycles. The fourth-order valence-corrected chi connectivity index (χ4v) is 2.97. The average molecular weight is 381 g/mol. The quantitative estimate of drug-likeness (QED) is 0.542.